The third kappa shape index (κ3) is 3.85. The Bertz CT molecular complexity index is 568. The fourth-order valence-electron chi connectivity index (χ4n) is 4.47. The van der Waals surface area contributed by atoms with Gasteiger partial charge in [-0.1, -0.05) is 6.42 Å². The van der Waals surface area contributed by atoms with Crippen LogP contribution in [0.4, 0.5) is 0 Å². The highest BCUT2D eigenvalue weighted by Gasteiger charge is 2.41. The molecule has 4 unspecified atom stereocenters. The van der Waals surface area contributed by atoms with Crippen LogP contribution in [0.25, 0.3) is 0 Å². The van der Waals surface area contributed by atoms with Crippen LogP contribution < -0.4 is 10.6 Å². The van der Waals surface area contributed by atoms with Crippen molar-refractivity contribution in [3.8, 4) is 0 Å². The first kappa shape index (κ1) is 16.9. The van der Waals surface area contributed by atoms with Gasteiger partial charge in [-0.15, -0.1) is 0 Å². The van der Waals surface area contributed by atoms with Crippen LogP contribution in [0.3, 0.4) is 0 Å². The number of hydrogen-bond donors (Lipinski definition) is 2. The summed E-state index contributed by atoms with van der Waals surface area (Å²) in [5, 5.41) is 7.09. The summed E-state index contributed by atoms with van der Waals surface area (Å²) >= 11 is 0. The molecule has 6 heteroatoms. The molecular weight excluding hydrogens is 316 g/mol. The molecule has 0 radical (unpaired) electrons. The number of guanidine groups is 1. The van der Waals surface area contributed by atoms with E-state index in [0.717, 1.165) is 37.8 Å². The lowest BCUT2D eigenvalue weighted by Crippen LogP contribution is -2.49. The Kier molecular flexibility index (Phi) is 5.27. The molecule has 3 aliphatic heterocycles. The maximum atomic E-state index is 5.94. The lowest BCUT2D eigenvalue weighted by Gasteiger charge is -2.34. The minimum Gasteiger partial charge on any atom is -0.468 e. The van der Waals surface area contributed by atoms with E-state index in [1.807, 2.05) is 13.1 Å². The van der Waals surface area contributed by atoms with Crippen LogP contribution in [-0.4, -0.2) is 55.8 Å². The Morgan fingerprint density at radius 3 is 2.84 bits per heavy atom. The van der Waals surface area contributed by atoms with Crippen molar-refractivity contribution in [3.05, 3.63) is 24.2 Å². The second-order valence-electron chi connectivity index (χ2n) is 7.44. The maximum absolute atomic E-state index is 5.94. The predicted molar refractivity (Wildman–Crippen MR) is 97.7 cm³/mol. The summed E-state index contributed by atoms with van der Waals surface area (Å²) in [6, 6.07) is 4.71. The minimum absolute atomic E-state index is 0.255. The van der Waals surface area contributed by atoms with E-state index in [1.165, 1.54) is 32.1 Å². The van der Waals surface area contributed by atoms with E-state index in [-0.39, 0.29) is 6.04 Å². The van der Waals surface area contributed by atoms with E-state index in [4.69, 9.17) is 9.15 Å². The zero-order valence-corrected chi connectivity index (χ0v) is 15.1. The van der Waals surface area contributed by atoms with Gasteiger partial charge in [0.05, 0.1) is 30.6 Å². The second-order valence-corrected chi connectivity index (χ2v) is 7.44. The van der Waals surface area contributed by atoms with Gasteiger partial charge in [-0.2, -0.15) is 0 Å². The molecule has 25 heavy (non-hydrogen) atoms. The van der Waals surface area contributed by atoms with Crippen LogP contribution in [0, 0.1) is 0 Å². The largest absolute Gasteiger partial charge is 0.468 e. The van der Waals surface area contributed by atoms with Crippen molar-refractivity contribution >= 4 is 5.96 Å². The van der Waals surface area contributed by atoms with Crippen molar-refractivity contribution < 1.29 is 9.15 Å². The van der Waals surface area contributed by atoms with Gasteiger partial charge >= 0.3 is 0 Å². The van der Waals surface area contributed by atoms with E-state index in [1.54, 1.807) is 6.26 Å². The fourth-order valence-corrected chi connectivity index (χ4v) is 4.47. The van der Waals surface area contributed by atoms with Crippen molar-refractivity contribution in [1.29, 1.82) is 0 Å². The fraction of sp³-hybridized carbons (Fsp3) is 0.737. The Labute approximate surface area is 150 Å². The first-order valence-corrected chi connectivity index (χ1v) is 9.73. The molecule has 138 valence electrons. The highest BCUT2D eigenvalue weighted by molar-refractivity contribution is 5.80. The minimum atomic E-state index is 0.255. The predicted octanol–water partition coefficient (Wildman–Crippen LogP) is 2.29. The molecule has 4 heterocycles. The van der Waals surface area contributed by atoms with Gasteiger partial charge in [0.15, 0.2) is 5.96 Å². The normalized spacial score (nSPS) is 31.2. The Hall–Kier alpha value is -1.53. The van der Waals surface area contributed by atoms with Gasteiger partial charge in [0, 0.05) is 13.6 Å². The standard InChI is InChI=1S/C19H30N4O2/c1-20-19(22-15-12-14-7-8-17(15)25-14)21-13-16(18-6-5-11-24-18)23-9-3-2-4-10-23/h5-6,11,14-17H,2-4,7-10,12-13H2,1H3,(H2,20,21,22). The van der Waals surface area contributed by atoms with Gasteiger partial charge in [-0.25, -0.2) is 0 Å². The summed E-state index contributed by atoms with van der Waals surface area (Å²) in [6.07, 6.45) is 9.93. The topological polar surface area (TPSA) is 62.0 Å². The highest BCUT2D eigenvalue weighted by atomic mass is 16.5. The first-order valence-electron chi connectivity index (χ1n) is 9.73. The molecule has 2 bridgehead atoms. The molecule has 6 nitrogen and oxygen atoms in total. The van der Waals surface area contributed by atoms with Crippen molar-refractivity contribution in [2.24, 2.45) is 4.99 Å². The molecule has 3 fully saturated rings. The van der Waals surface area contributed by atoms with Crippen LogP contribution in [0.15, 0.2) is 27.8 Å². The van der Waals surface area contributed by atoms with Crippen molar-refractivity contribution in [3.63, 3.8) is 0 Å². The van der Waals surface area contributed by atoms with E-state index >= 15 is 0 Å². The van der Waals surface area contributed by atoms with E-state index in [9.17, 15) is 0 Å². The summed E-state index contributed by atoms with van der Waals surface area (Å²) in [6.45, 7) is 3.08. The lowest BCUT2D eigenvalue weighted by atomic mass is 9.96. The van der Waals surface area contributed by atoms with Crippen molar-refractivity contribution in [1.82, 2.24) is 15.5 Å². The van der Waals surface area contributed by atoms with Crippen molar-refractivity contribution in [2.45, 2.75) is 62.8 Å². The number of ether oxygens (including phenoxy) is 1. The molecule has 2 N–H and O–H groups in total. The molecule has 3 saturated heterocycles. The van der Waals surface area contributed by atoms with Gasteiger partial charge in [-0.3, -0.25) is 9.89 Å². The number of fused-ring (bicyclic) bond motifs is 2. The maximum Gasteiger partial charge on any atom is 0.191 e. The second kappa shape index (κ2) is 7.79. The molecule has 0 aliphatic carbocycles. The summed E-state index contributed by atoms with van der Waals surface area (Å²) in [5.41, 5.74) is 0. The summed E-state index contributed by atoms with van der Waals surface area (Å²) in [7, 11) is 1.84. The molecule has 0 saturated carbocycles. The van der Waals surface area contributed by atoms with Crippen LogP contribution in [0.2, 0.25) is 0 Å². The molecule has 0 aromatic carbocycles. The molecule has 4 rings (SSSR count). The number of nitrogens with zero attached hydrogens (tertiary/aromatic N) is 2. The number of likely N-dealkylation sites (tertiary alicyclic amines) is 1. The number of aliphatic imine (C=N–C) groups is 1. The molecule has 0 amide bonds. The van der Waals surface area contributed by atoms with Crippen molar-refractivity contribution in [2.75, 3.05) is 26.7 Å². The Morgan fingerprint density at radius 1 is 1.32 bits per heavy atom. The number of furan rings is 1. The molecular formula is C19H30N4O2. The van der Waals surface area contributed by atoms with Crippen LogP contribution in [-0.2, 0) is 4.74 Å². The number of hydrogen-bond acceptors (Lipinski definition) is 4. The average molecular weight is 346 g/mol. The third-order valence-corrected chi connectivity index (χ3v) is 5.82. The summed E-state index contributed by atoms with van der Waals surface area (Å²) < 4.78 is 11.7. The third-order valence-electron chi connectivity index (χ3n) is 5.82. The molecule has 4 atom stereocenters. The SMILES string of the molecule is CN=C(NCC(c1ccco1)N1CCCCC1)NC1CC2CCC1O2. The molecule has 3 aliphatic rings. The van der Waals surface area contributed by atoms with E-state index in [0.29, 0.717) is 18.2 Å². The quantitative estimate of drug-likeness (QED) is 0.633. The smallest absolute Gasteiger partial charge is 0.191 e. The number of rotatable bonds is 5. The molecule has 0 spiro atoms. The zero-order chi connectivity index (χ0) is 17.1. The number of nitrogens with one attached hydrogen (secondary N) is 2. The van der Waals surface area contributed by atoms with Gasteiger partial charge in [0.1, 0.15) is 5.76 Å². The van der Waals surface area contributed by atoms with Gasteiger partial charge in [0.25, 0.3) is 0 Å². The average Bonchev–Trinajstić information content (AvgIpc) is 3.40. The monoisotopic (exact) mass is 346 g/mol. The summed E-state index contributed by atoms with van der Waals surface area (Å²) in [4.78, 5) is 6.95. The van der Waals surface area contributed by atoms with E-state index in [2.05, 4.69) is 26.6 Å². The Balaban J connectivity index is 1.36. The van der Waals surface area contributed by atoms with Crippen LogP contribution in [0.5, 0.6) is 0 Å². The Morgan fingerprint density at radius 2 is 2.20 bits per heavy atom. The highest BCUT2D eigenvalue weighted by Crippen LogP contribution is 2.34. The van der Waals surface area contributed by atoms with Gasteiger partial charge in [0.2, 0.25) is 0 Å². The number of piperidine rings is 1. The zero-order valence-electron chi connectivity index (χ0n) is 15.1. The first-order chi connectivity index (χ1) is 12.3. The van der Waals surface area contributed by atoms with Crippen LogP contribution in [0.1, 0.15) is 50.3 Å². The van der Waals surface area contributed by atoms with E-state index < -0.39 is 0 Å². The summed E-state index contributed by atoms with van der Waals surface area (Å²) in [5.74, 6) is 1.91. The molecule has 1 aromatic rings. The lowest BCUT2D eigenvalue weighted by molar-refractivity contribution is 0.0991. The van der Waals surface area contributed by atoms with Gasteiger partial charge in [-0.05, 0) is 57.3 Å². The molecule has 1 aromatic heterocycles. The van der Waals surface area contributed by atoms with Crippen LogP contribution >= 0.6 is 0 Å². The van der Waals surface area contributed by atoms with Gasteiger partial charge < -0.3 is 19.8 Å².